The summed E-state index contributed by atoms with van der Waals surface area (Å²) in [5.74, 6) is 0. The Hall–Kier alpha value is -0.900. The second-order valence-electron chi connectivity index (χ2n) is 6.80. The molecule has 1 aromatic rings. The van der Waals surface area contributed by atoms with Gasteiger partial charge in [0, 0.05) is 37.8 Å². The van der Waals surface area contributed by atoms with Crippen LogP contribution in [0, 0.1) is 0 Å². The fourth-order valence-corrected chi connectivity index (χ4v) is 4.25. The van der Waals surface area contributed by atoms with Gasteiger partial charge in [0.2, 0.25) is 0 Å². The van der Waals surface area contributed by atoms with Crippen molar-refractivity contribution < 1.29 is 0 Å². The van der Waals surface area contributed by atoms with Crippen molar-refractivity contribution in [2.75, 3.05) is 32.7 Å². The molecule has 1 saturated heterocycles. The number of benzene rings is 1. The second-order valence-corrected chi connectivity index (χ2v) is 6.80. The van der Waals surface area contributed by atoms with Crippen LogP contribution in [0.1, 0.15) is 31.4 Å². The lowest BCUT2D eigenvalue weighted by molar-refractivity contribution is 0.00278. The Kier molecular flexibility index (Phi) is 4.34. The van der Waals surface area contributed by atoms with Gasteiger partial charge in [-0.2, -0.15) is 0 Å². The van der Waals surface area contributed by atoms with E-state index in [1.165, 1.54) is 30.5 Å². The predicted molar refractivity (Wildman–Crippen MR) is 88.5 cm³/mol. The molecule has 0 radical (unpaired) electrons. The van der Waals surface area contributed by atoms with Gasteiger partial charge in [-0.15, -0.1) is 0 Å². The number of hydrogen-bond acceptors (Lipinski definition) is 3. The zero-order valence-electron chi connectivity index (χ0n) is 13.5. The number of hydrogen-bond donors (Lipinski definition) is 1. The molecule has 3 rings (SSSR count). The Labute approximate surface area is 129 Å². The minimum Gasteiger partial charge on any atom is -0.329 e. The molecule has 1 heterocycles. The molecule has 0 aromatic heterocycles. The summed E-state index contributed by atoms with van der Waals surface area (Å²) in [4.78, 5) is 5.28. The molecule has 116 valence electrons. The highest BCUT2D eigenvalue weighted by Gasteiger charge is 2.40. The van der Waals surface area contributed by atoms with E-state index < -0.39 is 0 Å². The van der Waals surface area contributed by atoms with Crippen LogP contribution in [0.3, 0.4) is 0 Å². The highest BCUT2D eigenvalue weighted by molar-refractivity contribution is 5.32. The number of likely N-dealkylation sites (N-methyl/N-ethyl adjacent to an activating group) is 1. The highest BCUT2D eigenvalue weighted by atomic mass is 15.3. The molecule has 0 amide bonds. The first-order valence-corrected chi connectivity index (χ1v) is 8.44. The van der Waals surface area contributed by atoms with Crippen LogP contribution in [0.15, 0.2) is 24.3 Å². The van der Waals surface area contributed by atoms with Gasteiger partial charge in [0.15, 0.2) is 0 Å². The van der Waals surface area contributed by atoms with E-state index >= 15 is 0 Å². The van der Waals surface area contributed by atoms with Crippen LogP contribution in [-0.4, -0.2) is 54.1 Å². The Balaban J connectivity index is 1.79. The number of piperazine rings is 1. The lowest BCUT2D eigenvalue weighted by atomic mass is 9.76. The lowest BCUT2D eigenvalue weighted by Crippen LogP contribution is -2.64. The molecule has 3 heteroatoms. The van der Waals surface area contributed by atoms with Crippen LogP contribution in [0.2, 0.25) is 0 Å². The monoisotopic (exact) mass is 287 g/mol. The molecule has 3 nitrogen and oxygen atoms in total. The summed E-state index contributed by atoms with van der Waals surface area (Å²) >= 11 is 0. The number of nitrogens with zero attached hydrogens (tertiary/aromatic N) is 2. The van der Waals surface area contributed by atoms with Crippen molar-refractivity contribution in [3.8, 4) is 0 Å². The first-order valence-electron chi connectivity index (χ1n) is 8.44. The van der Waals surface area contributed by atoms with Crippen molar-refractivity contribution in [3.63, 3.8) is 0 Å². The molecule has 2 N–H and O–H groups in total. The van der Waals surface area contributed by atoms with Crippen molar-refractivity contribution in [1.82, 2.24) is 9.80 Å². The smallest absolute Gasteiger partial charge is 0.0376 e. The summed E-state index contributed by atoms with van der Waals surface area (Å²) in [6, 6.07) is 9.56. The molecule has 2 unspecified atom stereocenters. The Morgan fingerprint density at radius 2 is 2.00 bits per heavy atom. The Morgan fingerprint density at radius 1 is 1.24 bits per heavy atom. The van der Waals surface area contributed by atoms with Crippen molar-refractivity contribution in [1.29, 1.82) is 0 Å². The fourth-order valence-electron chi connectivity index (χ4n) is 4.25. The van der Waals surface area contributed by atoms with E-state index in [1.54, 1.807) is 0 Å². The fraction of sp³-hybridized carbons (Fsp3) is 0.667. The van der Waals surface area contributed by atoms with Gasteiger partial charge in [-0.05, 0) is 43.9 Å². The minimum absolute atomic E-state index is 0.183. The Bertz CT molecular complexity index is 487. The van der Waals surface area contributed by atoms with Crippen molar-refractivity contribution in [2.24, 2.45) is 5.73 Å². The van der Waals surface area contributed by atoms with Crippen LogP contribution in [-0.2, 0) is 12.8 Å². The van der Waals surface area contributed by atoms with Crippen LogP contribution in [0.5, 0.6) is 0 Å². The van der Waals surface area contributed by atoms with E-state index in [-0.39, 0.29) is 5.54 Å². The molecule has 0 saturated carbocycles. The van der Waals surface area contributed by atoms with Crippen molar-refractivity contribution >= 4 is 0 Å². The number of aryl methyl sites for hydroxylation is 1. The van der Waals surface area contributed by atoms with Gasteiger partial charge < -0.3 is 5.73 Å². The molecule has 21 heavy (non-hydrogen) atoms. The van der Waals surface area contributed by atoms with Crippen LogP contribution in [0.25, 0.3) is 0 Å². The molecule has 1 aliphatic carbocycles. The molecule has 0 spiro atoms. The van der Waals surface area contributed by atoms with Gasteiger partial charge >= 0.3 is 0 Å². The summed E-state index contributed by atoms with van der Waals surface area (Å²) in [6.07, 6.45) is 3.51. The lowest BCUT2D eigenvalue weighted by Gasteiger charge is -2.51. The Morgan fingerprint density at radius 3 is 2.67 bits per heavy atom. The largest absolute Gasteiger partial charge is 0.329 e. The normalized spacial score (nSPS) is 31.1. The predicted octanol–water partition coefficient (Wildman–Crippen LogP) is 1.90. The summed E-state index contributed by atoms with van der Waals surface area (Å²) in [5.41, 5.74) is 9.51. The van der Waals surface area contributed by atoms with Gasteiger partial charge in [-0.1, -0.05) is 31.2 Å². The highest BCUT2D eigenvalue weighted by Crippen LogP contribution is 2.34. The average molecular weight is 287 g/mol. The zero-order valence-corrected chi connectivity index (χ0v) is 13.5. The molecule has 0 bridgehead atoms. The van der Waals surface area contributed by atoms with Crippen molar-refractivity contribution in [3.05, 3.63) is 35.4 Å². The molecule has 1 aromatic carbocycles. The summed E-state index contributed by atoms with van der Waals surface area (Å²) < 4.78 is 0. The van der Waals surface area contributed by atoms with E-state index in [4.69, 9.17) is 5.73 Å². The average Bonchev–Trinajstić information content (AvgIpc) is 2.54. The van der Waals surface area contributed by atoms with Crippen molar-refractivity contribution in [2.45, 2.75) is 44.7 Å². The SMILES string of the molecule is CCN1CCN(C2(CN)CCc3ccccc3C2)CC1C. The number of rotatable bonds is 3. The van der Waals surface area contributed by atoms with Gasteiger partial charge in [0.05, 0.1) is 0 Å². The summed E-state index contributed by atoms with van der Waals surface area (Å²) in [7, 11) is 0. The number of fused-ring (bicyclic) bond motifs is 1. The molecular weight excluding hydrogens is 258 g/mol. The summed E-state index contributed by atoms with van der Waals surface area (Å²) in [5, 5.41) is 0. The van der Waals surface area contributed by atoms with E-state index in [0.29, 0.717) is 6.04 Å². The van der Waals surface area contributed by atoms with Gasteiger partial charge in [-0.25, -0.2) is 0 Å². The molecule has 1 aliphatic heterocycles. The van der Waals surface area contributed by atoms with E-state index in [0.717, 1.165) is 32.6 Å². The molecule has 1 fully saturated rings. The van der Waals surface area contributed by atoms with E-state index in [1.807, 2.05) is 0 Å². The minimum atomic E-state index is 0.183. The molecular formula is C18H29N3. The van der Waals surface area contributed by atoms with Gasteiger partial charge in [0.25, 0.3) is 0 Å². The molecule has 2 atom stereocenters. The zero-order chi connectivity index (χ0) is 14.9. The maximum absolute atomic E-state index is 6.28. The first kappa shape index (κ1) is 15.0. The number of nitrogens with two attached hydrogens (primary N) is 1. The van der Waals surface area contributed by atoms with Crippen LogP contribution in [0.4, 0.5) is 0 Å². The van der Waals surface area contributed by atoms with E-state index in [2.05, 4.69) is 47.9 Å². The van der Waals surface area contributed by atoms with E-state index in [9.17, 15) is 0 Å². The third kappa shape index (κ3) is 2.75. The first-order chi connectivity index (χ1) is 10.2. The topological polar surface area (TPSA) is 32.5 Å². The third-order valence-corrected chi connectivity index (χ3v) is 5.72. The van der Waals surface area contributed by atoms with Gasteiger partial charge in [0.1, 0.15) is 0 Å². The second kappa shape index (κ2) is 6.07. The third-order valence-electron chi connectivity index (χ3n) is 5.72. The van der Waals surface area contributed by atoms with Gasteiger partial charge in [-0.3, -0.25) is 9.80 Å². The summed E-state index contributed by atoms with van der Waals surface area (Å²) in [6.45, 7) is 10.1. The molecule has 2 aliphatic rings. The quantitative estimate of drug-likeness (QED) is 0.921. The standard InChI is InChI=1S/C18H29N3/c1-3-20-10-11-21(13-15(20)2)18(14-19)9-8-16-6-4-5-7-17(16)12-18/h4-7,15H,3,8-14,19H2,1-2H3. The maximum atomic E-state index is 6.28. The van der Waals surface area contributed by atoms with Crippen LogP contribution < -0.4 is 5.73 Å². The van der Waals surface area contributed by atoms with Crippen LogP contribution >= 0.6 is 0 Å². The maximum Gasteiger partial charge on any atom is 0.0376 e.